The molecule has 27 heavy (non-hydrogen) atoms. The van der Waals surface area contributed by atoms with Gasteiger partial charge in [-0.25, -0.2) is 12.8 Å². The summed E-state index contributed by atoms with van der Waals surface area (Å²) in [6.45, 7) is 4.18. The molecule has 2 aromatic carbocycles. The fraction of sp³-hybridized carbons (Fsp3) is 0.350. The largest absolute Gasteiger partial charge is 0.319 e. The van der Waals surface area contributed by atoms with E-state index in [0.29, 0.717) is 6.54 Å². The molecule has 3 rings (SSSR count). The lowest BCUT2D eigenvalue weighted by Crippen LogP contribution is -2.41. The van der Waals surface area contributed by atoms with Crippen LogP contribution >= 0.6 is 0 Å². The first-order valence-corrected chi connectivity index (χ1v) is 10.4. The summed E-state index contributed by atoms with van der Waals surface area (Å²) in [7, 11) is -3.58. The van der Waals surface area contributed by atoms with Crippen LogP contribution < -0.4 is 5.32 Å². The Balaban J connectivity index is 1.77. The quantitative estimate of drug-likeness (QED) is 0.860. The topological polar surface area (TPSA) is 66.5 Å². The molecule has 1 aliphatic rings. The number of sulfonamides is 1. The lowest BCUT2D eigenvalue weighted by molar-refractivity contribution is 0.102. The number of halogens is 1. The predicted octanol–water partition coefficient (Wildman–Crippen LogP) is 3.95. The van der Waals surface area contributed by atoms with Crippen molar-refractivity contribution < 1.29 is 17.6 Å². The summed E-state index contributed by atoms with van der Waals surface area (Å²) in [5.41, 5.74) is 1.11. The minimum Gasteiger partial charge on any atom is -0.319 e. The summed E-state index contributed by atoms with van der Waals surface area (Å²) in [5, 5.41) is 2.51. The maximum atomic E-state index is 13.9. The Kier molecular flexibility index (Phi) is 5.62. The molecule has 0 bridgehead atoms. The van der Waals surface area contributed by atoms with Gasteiger partial charge in [0.2, 0.25) is 10.0 Å². The van der Waals surface area contributed by atoms with Crippen LogP contribution in [0.5, 0.6) is 0 Å². The molecule has 1 amide bonds. The van der Waals surface area contributed by atoms with Crippen LogP contribution in [0.15, 0.2) is 47.4 Å². The van der Waals surface area contributed by atoms with Gasteiger partial charge in [0.1, 0.15) is 5.82 Å². The van der Waals surface area contributed by atoms with E-state index in [-0.39, 0.29) is 22.2 Å². The van der Waals surface area contributed by atoms with Crippen molar-refractivity contribution in [2.75, 3.05) is 11.9 Å². The monoisotopic (exact) mass is 390 g/mol. The van der Waals surface area contributed by atoms with Crippen molar-refractivity contribution in [3.8, 4) is 0 Å². The van der Waals surface area contributed by atoms with E-state index in [0.717, 1.165) is 24.8 Å². The van der Waals surface area contributed by atoms with Crippen LogP contribution in [0.1, 0.15) is 42.1 Å². The molecule has 1 aliphatic heterocycles. The second kappa shape index (κ2) is 7.78. The van der Waals surface area contributed by atoms with Crippen LogP contribution in [-0.2, 0) is 10.0 Å². The molecule has 0 radical (unpaired) electrons. The van der Waals surface area contributed by atoms with Gasteiger partial charge in [0.05, 0.1) is 10.6 Å². The summed E-state index contributed by atoms with van der Waals surface area (Å²) >= 11 is 0. The van der Waals surface area contributed by atoms with Crippen LogP contribution in [-0.4, -0.2) is 31.2 Å². The van der Waals surface area contributed by atoms with Crippen molar-refractivity contribution in [1.29, 1.82) is 0 Å². The van der Waals surface area contributed by atoms with E-state index >= 15 is 0 Å². The summed E-state index contributed by atoms with van der Waals surface area (Å²) in [5.74, 6) is -1.00. The lowest BCUT2D eigenvalue weighted by Gasteiger charge is -2.32. The van der Waals surface area contributed by atoms with Crippen molar-refractivity contribution in [1.82, 2.24) is 4.31 Å². The zero-order valence-corrected chi connectivity index (χ0v) is 16.2. The van der Waals surface area contributed by atoms with E-state index in [1.54, 1.807) is 13.0 Å². The fourth-order valence-electron chi connectivity index (χ4n) is 3.26. The van der Waals surface area contributed by atoms with Gasteiger partial charge >= 0.3 is 0 Å². The number of anilines is 1. The highest BCUT2D eigenvalue weighted by Gasteiger charge is 2.30. The van der Waals surface area contributed by atoms with E-state index in [1.807, 2.05) is 6.92 Å². The number of nitrogens with zero attached hydrogens (tertiary/aromatic N) is 1. The predicted molar refractivity (Wildman–Crippen MR) is 103 cm³/mol. The first kappa shape index (κ1) is 19.5. The molecule has 0 saturated carbocycles. The maximum Gasteiger partial charge on any atom is 0.255 e. The molecule has 0 aliphatic carbocycles. The van der Waals surface area contributed by atoms with Gasteiger partial charge in [-0.2, -0.15) is 4.31 Å². The minimum atomic E-state index is -3.58. The molecule has 1 heterocycles. The Morgan fingerprint density at radius 2 is 1.85 bits per heavy atom. The molecular weight excluding hydrogens is 367 g/mol. The van der Waals surface area contributed by atoms with E-state index in [9.17, 15) is 17.6 Å². The second-order valence-corrected chi connectivity index (χ2v) is 8.81. The molecule has 5 nitrogen and oxygen atoms in total. The highest BCUT2D eigenvalue weighted by Crippen LogP contribution is 2.25. The number of benzene rings is 2. The minimum absolute atomic E-state index is 0.0313. The highest BCUT2D eigenvalue weighted by atomic mass is 32.2. The van der Waals surface area contributed by atoms with Crippen molar-refractivity contribution in [3.05, 3.63) is 59.4 Å². The number of rotatable bonds is 4. The highest BCUT2D eigenvalue weighted by molar-refractivity contribution is 7.89. The van der Waals surface area contributed by atoms with Crippen LogP contribution in [0.4, 0.5) is 10.1 Å². The molecule has 2 aromatic rings. The Bertz CT molecular complexity index is 942. The molecular formula is C20H23FN2O3S. The number of amides is 1. The molecule has 144 valence electrons. The van der Waals surface area contributed by atoms with Gasteiger partial charge in [-0.05, 0) is 68.7 Å². The van der Waals surface area contributed by atoms with Gasteiger partial charge in [0.15, 0.2) is 0 Å². The van der Waals surface area contributed by atoms with Crippen molar-refractivity contribution >= 4 is 21.6 Å². The Hall–Kier alpha value is -2.25. The fourth-order valence-corrected chi connectivity index (χ4v) is 4.96. The Labute approximate surface area is 159 Å². The maximum absolute atomic E-state index is 13.9. The third kappa shape index (κ3) is 4.20. The number of hydrogen-bond acceptors (Lipinski definition) is 3. The number of piperidine rings is 1. The number of nitrogens with one attached hydrogen (secondary N) is 1. The average molecular weight is 390 g/mol. The smallest absolute Gasteiger partial charge is 0.255 e. The summed E-state index contributed by atoms with van der Waals surface area (Å²) in [4.78, 5) is 12.5. The van der Waals surface area contributed by atoms with E-state index in [4.69, 9.17) is 0 Å². The zero-order valence-electron chi connectivity index (χ0n) is 15.4. The molecule has 1 fully saturated rings. The van der Waals surface area contributed by atoms with Gasteiger partial charge in [-0.1, -0.05) is 12.5 Å². The van der Waals surface area contributed by atoms with Crippen LogP contribution in [0.3, 0.4) is 0 Å². The van der Waals surface area contributed by atoms with Crippen molar-refractivity contribution in [3.63, 3.8) is 0 Å². The molecule has 7 heteroatoms. The van der Waals surface area contributed by atoms with Crippen LogP contribution in [0, 0.1) is 12.7 Å². The van der Waals surface area contributed by atoms with E-state index in [1.165, 1.54) is 40.7 Å². The molecule has 0 spiro atoms. The van der Waals surface area contributed by atoms with Crippen LogP contribution in [0.25, 0.3) is 0 Å². The van der Waals surface area contributed by atoms with Gasteiger partial charge in [-0.3, -0.25) is 4.79 Å². The molecule has 0 aromatic heterocycles. The molecule has 1 atom stereocenters. The molecule has 1 N–H and O–H groups in total. The normalized spacial score (nSPS) is 18.3. The first-order valence-electron chi connectivity index (χ1n) is 8.98. The number of aryl methyl sites for hydroxylation is 1. The molecule has 1 unspecified atom stereocenters. The second-order valence-electron chi connectivity index (χ2n) is 6.92. The van der Waals surface area contributed by atoms with Gasteiger partial charge < -0.3 is 5.32 Å². The first-order chi connectivity index (χ1) is 12.8. The SMILES string of the molecule is Cc1ccc(NC(=O)c2ccc(S(=O)(=O)N3CCCCC3C)cc2)c(F)c1. The third-order valence-corrected chi connectivity index (χ3v) is 6.87. The van der Waals surface area contributed by atoms with E-state index < -0.39 is 21.7 Å². The Morgan fingerprint density at radius 1 is 1.15 bits per heavy atom. The van der Waals surface area contributed by atoms with E-state index in [2.05, 4.69) is 5.32 Å². The summed E-state index contributed by atoms with van der Waals surface area (Å²) in [6.07, 6.45) is 2.73. The number of carbonyl (C=O) groups is 1. The molecule has 1 saturated heterocycles. The van der Waals surface area contributed by atoms with Gasteiger partial charge in [0, 0.05) is 18.2 Å². The summed E-state index contributed by atoms with van der Waals surface area (Å²) < 4.78 is 41.1. The van der Waals surface area contributed by atoms with Gasteiger partial charge in [-0.15, -0.1) is 0 Å². The van der Waals surface area contributed by atoms with Crippen molar-refractivity contribution in [2.45, 2.75) is 44.0 Å². The van der Waals surface area contributed by atoms with Crippen LogP contribution in [0.2, 0.25) is 0 Å². The lowest BCUT2D eigenvalue weighted by atomic mass is 10.1. The summed E-state index contributed by atoms with van der Waals surface area (Å²) in [6, 6.07) is 10.3. The standard InChI is InChI=1S/C20H23FN2O3S/c1-14-6-11-19(18(21)13-14)22-20(24)16-7-9-17(10-8-16)27(25,26)23-12-4-3-5-15(23)2/h6-11,13,15H,3-5,12H2,1-2H3,(H,22,24). The zero-order chi connectivity index (χ0) is 19.6. The van der Waals surface area contributed by atoms with Gasteiger partial charge in [0.25, 0.3) is 5.91 Å². The number of carbonyl (C=O) groups excluding carboxylic acids is 1. The van der Waals surface area contributed by atoms with Crippen molar-refractivity contribution in [2.24, 2.45) is 0 Å². The third-order valence-electron chi connectivity index (χ3n) is 4.84. The number of hydrogen-bond donors (Lipinski definition) is 1. The average Bonchev–Trinajstić information content (AvgIpc) is 2.64. The Morgan fingerprint density at radius 3 is 2.48 bits per heavy atom.